The summed E-state index contributed by atoms with van der Waals surface area (Å²) in [5, 5.41) is 7.88. The van der Waals surface area contributed by atoms with E-state index in [9.17, 15) is 0 Å². The van der Waals surface area contributed by atoms with Crippen LogP contribution >= 0.6 is 31.9 Å². The Balaban J connectivity index is 2.37. The van der Waals surface area contributed by atoms with Crippen molar-refractivity contribution in [2.24, 2.45) is 0 Å². The van der Waals surface area contributed by atoms with E-state index in [0.29, 0.717) is 0 Å². The SMILES string of the molecule is CCCNC(C)c1cc(Br)ccc1-n1cc(Br)cn1. The summed E-state index contributed by atoms with van der Waals surface area (Å²) < 4.78 is 3.97. The molecule has 5 heteroatoms. The smallest absolute Gasteiger partial charge is 0.0694 e. The summed E-state index contributed by atoms with van der Waals surface area (Å²) in [6, 6.07) is 6.57. The van der Waals surface area contributed by atoms with Gasteiger partial charge in [0.05, 0.1) is 16.4 Å². The first-order chi connectivity index (χ1) is 9.11. The third-order valence-electron chi connectivity index (χ3n) is 2.95. The molecule has 0 bridgehead atoms. The molecule has 19 heavy (non-hydrogen) atoms. The average molecular weight is 387 g/mol. The van der Waals surface area contributed by atoms with Crippen LogP contribution in [0, 0.1) is 0 Å². The lowest BCUT2D eigenvalue weighted by Crippen LogP contribution is -2.20. The van der Waals surface area contributed by atoms with Gasteiger partial charge in [-0.2, -0.15) is 5.10 Å². The van der Waals surface area contributed by atoms with Gasteiger partial charge in [0.15, 0.2) is 0 Å². The summed E-state index contributed by atoms with van der Waals surface area (Å²) in [5.74, 6) is 0. The minimum atomic E-state index is 0.287. The fraction of sp³-hybridized carbons (Fsp3) is 0.357. The minimum absolute atomic E-state index is 0.287. The number of rotatable bonds is 5. The zero-order valence-corrected chi connectivity index (χ0v) is 14.2. The van der Waals surface area contributed by atoms with Crippen LogP contribution in [-0.2, 0) is 0 Å². The molecule has 0 fully saturated rings. The van der Waals surface area contributed by atoms with Gasteiger partial charge in [-0.15, -0.1) is 0 Å². The minimum Gasteiger partial charge on any atom is -0.310 e. The van der Waals surface area contributed by atoms with Crippen molar-refractivity contribution in [2.75, 3.05) is 6.54 Å². The highest BCUT2D eigenvalue weighted by atomic mass is 79.9. The molecule has 0 aliphatic rings. The lowest BCUT2D eigenvalue weighted by atomic mass is 10.1. The highest BCUT2D eigenvalue weighted by molar-refractivity contribution is 9.10. The molecule has 0 aliphatic carbocycles. The van der Waals surface area contributed by atoms with Crippen molar-refractivity contribution >= 4 is 31.9 Å². The van der Waals surface area contributed by atoms with Crippen LogP contribution in [0.1, 0.15) is 31.9 Å². The Labute approximate surface area is 130 Å². The quantitative estimate of drug-likeness (QED) is 0.822. The standard InChI is InChI=1S/C14H17Br2N3/c1-3-6-17-10(2)13-7-11(15)4-5-14(13)19-9-12(16)8-18-19/h4-5,7-10,17H,3,6H2,1-2H3. The second-order valence-electron chi connectivity index (χ2n) is 4.48. The van der Waals surface area contributed by atoms with E-state index in [1.54, 1.807) is 6.20 Å². The molecular weight excluding hydrogens is 370 g/mol. The van der Waals surface area contributed by atoms with Gasteiger partial charge in [0.1, 0.15) is 0 Å². The number of halogens is 2. The summed E-state index contributed by atoms with van der Waals surface area (Å²) in [6.07, 6.45) is 4.90. The van der Waals surface area contributed by atoms with Gasteiger partial charge < -0.3 is 5.32 Å². The highest BCUT2D eigenvalue weighted by Crippen LogP contribution is 2.26. The molecule has 102 valence electrons. The molecule has 0 spiro atoms. The Kier molecular flexibility index (Phi) is 5.19. The van der Waals surface area contributed by atoms with Crippen LogP contribution in [0.4, 0.5) is 0 Å². The predicted molar refractivity (Wildman–Crippen MR) is 85.7 cm³/mol. The van der Waals surface area contributed by atoms with E-state index < -0.39 is 0 Å². The molecule has 2 rings (SSSR count). The molecule has 2 aromatic rings. The van der Waals surface area contributed by atoms with Crippen LogP contribution in [0.3, 0.4) is 0 Å². The number of nitrogens with zero attached hydrogens (tertiary/aromatic N) is 2. The molecule has 0 amide bonds. The fourth-order valence-electron chi connectivity index (χ4n) is 1.98. The van der Waals surface area contributed by atoms with E-state index in [1.165, 1.54) is 5.56 Å². The van der Waals surface area contributed by atoms with Crippen LogP contribution < -0.4 is 5.32 Å². The Hall–Kier alpha value is -0.650. The monoisotopic (exact) mass is 385 g/mol. The van der Waals surface area contributed by atoms with E-state index in [4.69, 9.17) is 0 Å². The summed E-state index contributed by atoms with van der Waals surface area (Å²) >= 11 is 6.98. The van der Waals surface area contributed by atoms with Crippen molar-refractivity contribution in [2.45, 2.75) is 26.3 Å². The Bertz CT molecular complexity index is 551. The predicted octanol–water partition coefficient (Wildman–Crippen LogP) is 4.46. The van der Waals surface area contributed by atoms with E-state index in [0.717, 1.165) is 27.6 Å². The van der Waals surface area contributed by atoms with E-state index in [-0.39, 0.29) is 6.04 Å². The summed E-state index contributed by atoms with van der Waals surface area (Å²) in [6.45, 7) is 5.36. The Morgan fingerprint density at radius 1 is 1.32 bits per heavy atom. The van der Waals surface area contributed by atoms with Crippen LogP contribution in [0.5, 0.6) is 0 Å². The first-order valence-corrected chi connectivity index (χ1v) is 7.93. The third-order valence-corrected chi connectivity index (χ3v) is 3.86. The van der Waals surface area contributed by atoms with Crippen LogP contribution in [0.25, 0.3) is 5.69 Å². The number of hydrogen-bond donors (Lipinski definition) is 1. The Morgan fingerprint density at radius 3 is 2.74 bits per heavy atom. The second-order valence-corrected chi connectivity index (χ2v) is 6.31. The topological polar surface area (TPSA) is 29.9 Å². The molecule has 1 N–H and O–H groups in total. The number of nitrogens with one attached hydrogen (secondary N) is 1. The van der Waals surface area contributed by atoms with Gasteiger partial charge in [0.25, 0.3) is 0 Å². The van der Waals surface area contributed by atoms with Crippen molar-refractivity contribution in [1.82, 2.24) is 15.1 Å². The van der Waals surface area contributed by atoms with Gasteiger partial charge in [0.2, 0.25) is 0 Å². The molecule has 1 heterocycles. The van der Waals surface area contributed by atoms with Crippen molar-refractivity contribution in [3.05, 3.63) is 45.1 Å². The molecule has 0 saturated heterocycles. The molecule has 1 aromatic heterocycles. The van der Waals surface area contributed by atoms with Crippen LogP contribution in [0.2, 0.25) is 0 Å². The van der Waals surface area contributed by atoms with E-state index >= 15 is 0 Å². The van der Waals surface area contributed by atoms with Crippen molar-refractivity contribution in [3.63, 3.8) is 0 Å². The number of benzene rings is 1. The summed E-state index contributed by atoms with van der Waals surface area (Å²) in [4.78, 5) is 0. The van der Waals surface area contributed by atoms with Gasteiger partial charge in [-0.3, -0.25) is 0 Å². The molecular formula is C14H17Br2N3. The zero-order chi connectivity index (χ0) is 13.8. The maximum Gasteiger partial charge on any atom is 0.0694 e. The Morgan fingerprint density at radius 2 is 2.11 bits per heavy atom. The first-order valence-electron chi connectivity index (χ1n) is 6.35. The number of aromatic nitrogens is 2. The summed E-state index contributed by atoms with van der Waals surface area (Å²) in [7, 11) is 0. The van der Waals surface area contributed by atoms with E-state index in [1.807, 2.05) is 16.9 Å². The van der Waals surface area contributed by atoms with Crippen molar-refractivity contribution in [3.8, 4) is 5.69 Å². The molecule has 0 saturated carbocycles. The normalized spacial score (nSPS) is 12.6. The maximum absolute atomic E-state index is 4.37. The zero-order valence-electron chi connectivity index (χ0n) is 11.0. The average Bonchev–Trinajstić information content (AvgIpc) is 2.82. The van der Waals surface area contributed by atoms with Gasteiger partial charge in [0, 0.05) is 16.7 Å². The van der Waals surface area contributed by atoms with Gasteiger partial charge in [-0.05, 0) is 59.6 Å². The first kappa shape index (κ1) is 14.8. The largest absolute Gasteiger partial charge is 0.310 e. The van der Waals surface area contributed by atoms with Gasteiger partial charge >= 0.3 is 0 Å². The molecule has 0 radical (unpaired) electrons. The van der Waals surface area contributed by atoms with Gasteiger partial charge in [-0.1, -0.05) is 22.9 Å². The molecule has 1 aromatic carbocycles. The number of hydrogen-bond acceptors (Lipinski definition) is 2. The lowest BCUT2D eigenvalue weighted by Gasteiger charge is -2.18. The maximum atomic E-state index is 4.37. The molecule has 0 aliphatic heterocycles. The van der Waals surface area contributed by atoms with E-state index in [2.05, 4.69) is 68.3 Å². The van der Waals surface area contributed by atoms with Gasteiger partial charge in [-0.25, -0.2) is 4.68 Å². The third kappa shape index (κ3) is 3.68. The second kappa shape index (κ2) is 6.68. The van der Waals surface area contributed by atoms with Crippen molar-refractivity contribution < 1.29 is 0 Å². The van der Waals surface area contributed by atoms with Crippen LogP contribution in [-0.4, -0.2) is 16.3 Å². The molecule has 3 nitrogen and oxygen atoms in total. The molecule has 1 unspecified atom stereocenters. The highest BCUT2D eigenvalue weighted by Gasteiger charge is 2.12. The summed E-state index contributed by atoms with van der Waals surface area (Å²) in [5.41, 5.74) is 2.34. The molecule has 1 atom stereocenters. The van der Waals surface area contributed by atoms with Crippen LogP contribution in [0.15, 0.2) is 39.5 Å². The lowest BCUT2D eigenvalue weighted by molar-refractivity contribution is 0.567. The van der Waals surface area contributed by atoms with Crippen molar-refractivity contribution in [1.29, 1.82) is 0 Å². The fourth-order valence-corrected chi connectivity index (χ4v) is 2.65.